The van der Waals surface area contributed by atoms with Crippen LogP contribution in [-0.2, 0) is 33.3 Å². The second-order valence-electron chi connectivity index (χ2n) is 11.1. The fourth-order valence-electron chi connectivity index (χ4n) is 6.03. The molecule has 0 aromatic heterocycles. The first-order chi connectivity index (χ1) is 21.5. The highest BCUT2D eigenvalue weighted by molar-refractivity contribution is 5.89. The van der Waals surface area contributed by atoms with Crippen LogP contribution in [0.25, 0.3) is 0 Å². The first-order valence-corrected chi connectivity index (χ1v) is 14.8. The molecule has 12 unspecified atom stereocenters. The third kappa shape index (κ3) is 8.59. The van der Waals surface area contributed by atoms with Crippen molar-refractivity contribution in [3.8, 4) is 0 Å². The molecule has 3 aliphatic rings. The average Bonchev–Trinajstić information content (AvgIpc) is 3.03. The van der Waals surface area contributed by atoms with Crippen molar-refractivity contribution in [2.75, 3.05) is 53.6 Å². The molecule has 0 amide bonds. The summed E-state index contributed by atoms with van der Waals surface area (Å²) < 4.78 is 28.2. The third-order valence-corrected chi connectivity index (χ3v) is 8.38. The number of esters is 1. The number of allylic oxidation sites excluding steroid dienone is 1. The van der Waals surface area contributed by atoms with E-state index in [1.807, 2.05) is 0 Å². The fraction of sp³-hybridized carbons (Fsp3) is 0.690. The predicted octanol–water partition coefficient (Wildman–Crippen LogP) is -4.99. The molecule has 12 atom stereocenters. The van der Waals surface area contributed by atoms with Gasteiger partial charge in [-0.3, -0.25) is 4.99 Å². The van der Waals surface area contributed by atoms with Gasteiger partial charge in [0.25, 0.3) is 0 Å². The van der Waals surface area contributed by atoms with E-state index in [1.165, 1.54) is 26.5 Å². The van der Waals surface area contributed by atoms with Gasteiger partial charge >= 0.3 is 5.97 Å². The minimum Gasteiger partial charge on any atom is -0.550 e. The van der Waals surface area contributed by atoms with Crippen LogP contribution in [0.4, 0.5) is 0 Å². The molecule has 8 N–H and O–H groups in total. The highest BCUT2D eigenvalue weighted by atomic mass is 16.8. The van der Waals surface area contributed by atoms with Gasteiger partial charge in [0.2, 0.25) is 6.29 Å². The van der Waals surface area contributed by atoms with E-state index < -0.39 is 85.3 Å². The van der Waals surface area contributed by atoms with Crippen LogP contribution in [0, 0.1) is 23.7 Å². The Kier molecular flexibility index (Phi) is 13.7. The Hall–Kier alpha value is -3.09. The molecule has 0 radical (unpaired) electrons. The summed E-state index contributed by atoms with van der Waals surface area (Å²) in [4.78, 5) is 29.8. The Bertz CT molecular complexity index is 1100. The van der Waals surface area contributed by atoms with E-state index in [0.717, 1.165) is 4.90 Å². The Morgan fingerprint density at radius 2 is 1.98 bits per heavy atom. The summed E-state index contributed by atoms with van der Waals surface area (Å²) in [6.45, 7) is 5.92. The van der Waals surface area contributed by atoms with Gasteiger partial charge in [-0.15, -0.1) is 6.58 Å². The van der Waals surface area contributed by atoms with Crippen LogP contribution in [0.2, 0.25) is 0 Å². The molecular formula is C29H46N4O12. The lowest BCUT2D eigenvalue weighted by atomic mass is 9.79. The van der Waals surface area contributed by atoms with Crippen LogP contribution in [-0.4, -0.2) is 135 Å². The van der Waals surface area contributed by atoms with Crippen LogP contribution in [0.3, 0.4) is 0 Å². The van der Waals surface area contributed by atoms with Crippen molar-refractivity contribution < 1.29 is 63.7 Å². The van der Waals surface area contributed by atoms with Crippen LogP contribution in [0.5, 0.6) is 0 Å². The van der Waals surface area contributed by atoms with Crippen LogP contribution in [0.15, 0.2) is 41.6 Å². The number of nitrogens with one attached hydrogen (secondary N) is 2. The zero-order valence-corrected chi connectivity index (χ0v) is 25.7. The molecule has 0 saturated carbocycles. The second-order valence-corrected chi connectivity index (χ2v) is 11.1. The number of aliphatic carboxylic acids is 1. The molecular weight excluding hydrogens is 596 g/mol. The molecule has 254 valence electrons. The lowest BCUT2D eigenvalue weighted by Gasteiger charge is -2.44. The molecule has 0 aliphatic carbocycles. The number of likely N-dealkylation sites (tertiary alicyclic amines) is 1. The van der Waals surface area contributed by atoms with Gasteiger partial charge in [-0.05, 0) is 6.92 Å². The monoisotopic (exact) mass is 642 g/mol. The number of carbonyl (C=O) groups is 2. The van der Waals surface area contributed by atoms with Crippen LogP contribution < -0.4 is 21.1 Å². The molecule has 45 heavy (non-hydrogen) atoms. The maximum Gasteiger partial charge on any atom is 0.337 e. The van der Waals surface area contributed by atoms with Gasteiger partial charge in [0.15, 0.2) is 12.2 Å². The summed E-state index contributed by atoms with van der Waals surface area (Å²) in [5.41, 5.74) is 6.05. The van der Waals surface area contributed by atoms with Gasteiger partial charge in [-0.25, -0.2) is 4.79 Å². The molecule has 16 nitrogen and oxygen atoms in total. The topological polar surface area (TPSA) is 239 Å². The summed E-state index contributed by atoms with van der Waals surface area (Å²) >= 11 is 0. The van der Waals surface area contributed by atoms with Crippen molar-refractivity contribution in [1.82, 2.24) is 5.32 Å². The minimum absolute atomic E-state index is 0.0405. The normalized spacial score (nSPS) is 37.4. The van der Waals surface area contributed by atoms with E-state index in [2.05, 4.69) is 16.9 Å². The van der Waals surface area contributed by atoms with E-state index in [0.29, 0.717) is 13.1 Å². The first kappa shape index (κ1) is 36.4. The summed E-state index contributed by atoms with van der Waals surface area (Å²) in [6.07, 6.45) is -1.45. The van der Waals surface area contributed by atoms with Crippen molar-refractivity contribution in [1.29, 1.82) is 0 Å². The standard InChI is InChI=1S/C29H46N4O12/c1-5-16-17(8-7-15-11-33(9-10-34)12-18(25(38)39)21(15)32-29(30)31-3)19(26(40)41-4)14-43-27(16)45-28-24(42-6-2)23(37)22(36)20(13-35)44-28/h5,7-8,14-18,20-24,27-28,34-37H,1,6,9-13H2,2-4H3,(H,38,39)(H3,30,31,32). The van der Waals surface area contributed by atoms with Gasteiger partial charge in [-0.2, -0.15) is 0 Å². The van der Waals surface area contributed by atoms with Crippen LogP contribution >= 0.6 is 0 Å². The van der Waals surface area contributed by atoms with E-state index in [-0.39, 0.29) is 31.3 Å². The lowest BCUT2D eigenvalue weighted by Crippen LogP contribution is -3.16. The number of rotatable bonds is 13. The number of hydrogen-bond donors (Lipinski definition) is 7. The third-order valence-electron chi connectivity index (χ3n) is 8.38. The molecule has 2 fully saturated rings. The van der Waals surface area contributed by atoms with Crippen molar-refractivity contribution in [2.45, 2.75) is 50.0 Å². The number of carboxylic acid groups (broad SMARTS) is 1. The number of methoxy groups -OCH3 is 1. The highest BCUT2D eigenvalue weighted by Gasteiger charge is 2.48. The zero-order valence-electron chi connectivity index (χ0n) is 25.7. The number of carboxylic acids is 1. The number of quaternary nitrogens is 1. The molecule has 0 bridgehead atoms. The van der Waals surface area contributed by atoms with E-state index in [4.69, 9.17) is 29.4 Å². The van der Waals surface area contributed by atoms with Crippen molar-refractivity contribution in [3.05, 3.63) is 36.6 Å². The summed E-state index contributed by atoms with van der Waals surface area (Å²) in [6, 6.07) is -0.720. The smallest absolute Gasteiger partial charge is 0.337 e. The highest BCUT2D eigenvalue weighted by Crippen LogP contribution is 2.37. The molecule has 3 aliphatic heterocycles. The number of carbonyl (C=O) groups excluding carboxylic acids is 2. The predicted molar refractivity (Wildman–Crippen MR) is 155 cm³/mol. The van der Waals surface area contributed by atoms with Gasteiger partial charge in [0.05, 0.1) is 69.1 Å². The van der Waals surface area contributed by atoms with Gasteiger partial charge in [-0.1, -0.05) is 18.2 Å². The Morgan fingerprint density at radius 1 is 1.24 bits per heavy atom. The maximum atomic E-state index is 12.8. The number of aliphatic hydroxyl groups excluding tert-OH is 4. The lowest BCUT2D eigenvalue weighted by molar-refractivity contribution is -0.911. The molecule has 0 aromatic rings. The molecule has 0 aromatic carbocycles. The number of aliphatic imine (C=N–C) groups is 1. The SMILES string of the molecule is C=CC1C(OC2OC(CO)C(O)C(O)C2OCC)OC=C(C(=O)OC)C1C=CC1C[NH+](CCO)CC(C(=O)[O-])C1NC(N)=NC. The number of hydrogen-bond acceptors (Lipinski definition) is 13. The van der Waals surface area contributed by atoms with E-state index in [9.17, 15) is 35.1 Å². The minimum atomic E-state index is -1.45. The van der Waals surface area contributed by atoms with Crippen molar-refractivity contribution in [3.63, 3.8) is 0 Å². The number of nitrogens with two attached hydrogens (primary N) is 1. The molecule has 16 heteroatoms. The summed E-state index contributed by atoms with van der Waals surface area (Å²) in [5, 5.41) is 55.4. The average molecular weight is 643 g/mol. The number of piperidine rings is 1. The summed E-state index contributed by atoms with van der Waals surface area (Å²) in [7, 11) is 2.68. The van der Waals surface area contributed by atoms with Crippen molar-refractivity contribution in [2.24, 2.45) is 34.4 Å². The number of nitrogens with zero attached hydrogens (tertiary/aromatic N) is 1. The van der Waals surface area contributed by atoms with E-state index >= 15 is 0 Å². The molecule has 3 heterocycles. The number of ether oxygens (including phenoxy) is 5. The van der Waals surface area contributed by atoms with Crippen molar-refractivity contribution >= 4 is 17.9 Å². The molecule has 3 rings (SSSR count). The van der Waals surface area contributed by atoms with E-state index in [1.54, 1.807) is 19.1 Å². The Labute approximate surface area is 261 Å². The largest absolute Gasteiger partial charge is 0.550 e. The zero-order chi connectivity index (χ0) is 33.3. The fourth-order valence-corrected chi connectivity index (χ4v) is 6.03. The van der Waals surface area contributed by atoms with Crippen LogP contribution in [0.1, 0.15) is 6.92 Å². The Morgan fingerprint density at radius 3 is 2.56 bits per heavy atom. The van der Waals surface area contributed by atoms with Gasteiger partial charge in [0, 0.05) is 25.5 Å². The maximum absolute atomic E-state index is 12.8. The number of aliphatic hydroxyl groups is 4. The number of guanidine groups is 1. The van der Waals surface area contributed by atoms with Gasteiger partial charge < -0.3 is 70.0 Å². The molecule has 2 saturated heterocycles. The quantitative estimate of drug-likeness (QED) is 0.0431. The summed E-state index contributed by atoms with van der Waals surface area (Å²) in [5.74, 6) is -4.89. The molecule has 0 spiro atoms. The Balaban J connectivity index is 1.97. The second kappa shape index (κ2) is 17.0. The van der Waals surface area contributed by atoms with Gasteiger partial charge in [0.1, 0.15) is 31.0 Å². The first-order valence-electron chi connectivity index (χ1n) is 14.8.